The summed E-state index contributed by atoms with van der Waals surface area (Å²) < 4.78 is 13.5. The molecule has 0 bridgehead atoms. The van der Waals surface area contributed by atoms with Crippen LogP contribution in [-0.4, -0.2) is 17.1 Å². The number of hydrogen-bond acceptors (Lipinski definition) is 2. The predicted octanol–water partition coefficient (Wildman–Crippen LogP) is 2.80. The molecule has 1 aromatic rings. The van der Waals surface area contributed by atoms with Crippen molar-refractivity contribution >= 4 is 5.97 Å². The summed E-state index contributed by atoms with van der Waals surface area (Å²) in [6.45, 7) is 2.83. The molecule has 4 heteroatoms. The van der Waals surface area contributed by atoms with Crippen LogP contribution in [0, 0.1) is 11.7 Å². The average Bonchev–Trinajstić information content (AvgIpc) is 2.72. The lowest BCUT2D eigenvalue weighted by molar-refractivity contribution is 0.0692. The van der Waals surface area contributed by atoms with E-state index in [0.29, 0.717) is 12.6 Å². The highest BCUT2D eigenvalue weighted by molar-refractivity contribution is 5.87. The van der Waals surface area contributed by atoms with Crippen LogP contribution in [0.15, 0.2) is 18.2 Å². The highest BCUT2D eigenvalue weighted by atomic mass is 19.1. The average molecular weight is 251 g/mol. The fourth-order valence-electron chi connectivity index (χ4n) is 2.50. The lowest BCUT2D eigenvalue weighted by atomic mass is 10.1. The van der Waals surface area contributed by atoms with Gasteiger partial charge in [-0.25, -0.2) is 9.18 Å². The molecule has 0 spiro atoms. The Kier molecular flexibility index (Phi) is 3.97. The summed E-state index contributed by atoms with van der Waals surface area (Å²) in [6.07, 6.45) is 3.57. The molecule has 0 heterocycles. The van der Waals surface area contributed by atoms with Crippen LogP contribution in [0.5, 0.6) is 0 Å². The molecule has 0 radical (unpaired) electrons. The molecule has 0 aliphatic heterocycles. The second-order valence-electron chi connectivity index (χ2n) is 5.12. The first-order valence-electron chi connectivity index (χ1n) is 6.31. The summed E-state index contributed by atoms with van der Waals surface area (Å²) in [4.78, 5) is 10.7. The van der Waals surface area contributed by atoms with E-state index < -0.39 is 11.8 Å². The van der Waals surface area contributed by atoms with Crippen molar-refractivity contribution < 1.29 is 14.3 Å². The third-order valence-corrected chi connectivity index (χ3v) is 3.55. The Hall–Kier alpha value is -1.42. The normalized spacial score (nSPS) is 23.2. The van der Waals surface area contributed by atoms with E-state index in [2.05, 4.69) is 12.2 Å². The van der Waals surface area contributed by atoms with Crippen LogP contribution in [0.2, 0.25) is 0 Å². The van der Waals surface area contributed by atoms with Crippen molar-refractivity contribution in [1.82, 2.24) is 5.32 Å². The van der Waals surface area contributed by atoms with Crippen LogP contribution in [0.25, 0.3) is 0 Å². The van der Waals surface area contributed by atoms with Crippen molar-refractivity contribution in [3.63, 3.8) is 0 Å². The van der Waals surface area contributed by atoms with Crippen LogP contribution in [0.1, 0.15) is 42.1 Å². The van der Waals surface area contributed by atoms with Gasteiger partial charge < -0.3 is 10.4 Å². The number of benzene rings is 1. The number of carbonyl (C=O) groups is 1. The van der Waals surface area contributed by atoms with Crippen molar-refractivity contribution in [3.05, 3.63) is 35.1 Å². The molecule has 98 valence electrons. The van der Waals surface area contributed by atoms with E-state index in [1.54, 1.807) is 6.07 Å². The van der Waals surface area contributed by atoms with E-state index in [0.717, 1.165) is 24.3 Å². The smallest absolute Gasteiger partial charge is 0.338 e. The van der Waals surface area contributed by atoms with Gasteiger partial charge in [-0.15, -0.1) is 0 Å². The molecule has 2 rings (SSSR count). The Bertz CT molecular complexity index is 447. The maximum absolute atomic E-state index is 13.5. The first-order chi connectivity index (χ1) is 8.56. The molecule has 0 aromatic heterocycles. The van der Waals surface area contributed by atoms with Crippen molar-refractivity contribution in [1.29, 1.82) is 0 Å². The summed E-state index contributed by atoms with van der Waals surface area (Å²) in [6, 6.07) is 4.79. The zero-order valence-corrected chi connectivity index (χ0v) is 10.4. The molecule has 18 heavy (non-hydrogen) atoms. The third kappa shape index (κ3) is 3.07. The van der Waals surface area contributed by atoms with Gasteiger partial charge >= 0.3 is 5.97 Å². The van der Waals surface area contributed by atoms with Crippen LogP contribution < -0.4 is 5.32 Å². The Labute approximate surface area is 106 Å². The molecular formula is C14H18FNO2. The minimum atomic E-state index is -1.23. The van der Waals surface area contributed by atoms with Gasteiger partial charge in [-0.2, -0.15) is 0 Å². The number of rotatable bonds is 4. The SMILES string of the molecule is CC1CCC(NCc2ccc(C(=O)O)c(F)c2)C1. The van der Waals surface area contributed by atoms with Crippen molar-refractivity contribution in [3.8, 4) is 0 Å². The van der Waals surface area contributed by atoms with E-state index in [9.17, 15) is 9.18 Å². The lowest BCUT2D eigenvalue weighted by Crippen LogP contribution is -2.25. The Morgan fingerprint density at radius 3 is 2.83 bits per heavy atom. The van der Waals surface area contributed by atoms with Gasteiger partial charge in [-0.1, -0.05) is 13.0 Å². The van der Waals surface area contributed by atoms with Gasteiger partial charge in [0.05, 0.1) is 5.56 Å². The Morgan fingerprint density at radius 1 is 1.50 bits per heavy atom. The Morgan fingerprint density at radius 2 is 2.28 bits per heavy atom. The lowest BCUT2D eigenvalue weighted by Gasteiger charge is -2.12. The number of carboxylic acid groups (broad SMARTS) is 1. The van der Waals surface area contributed by atoms with Gasteiger partial charge in [-0.05, 0) is 42.9 Å². The van der Waals surface area contributed by atoms with E-state index in [1.165, 1.54) is 18.6 Å². The quantitative estimate of drug-likeness (QED) is 0.865. The number of aromatic carboxylic acids is 1. The first-order valence-corrected chi connectivity index (χ1v) is 6.31. The highest BCUT2D eigenvalue weighted by Crippen LogP contribution is 2.24. The monoisotopic (exact) mass is 251 g/mol. The number of hydrogen-bond donors (Lipinski definition) is 2. The fraction of sp³-hybridized carbons (Fsp3) is 0.500. The van der Waals surface area contributed by atoms with Crippen LogP contribution in [-0.2, 0) is 6.54 Å². The molecule has 1 aliphatic carbocycles. The van der Waals surface area contributed by atoms with Crippen LogP contribution >= 0.6 is 0 Å². The molecule has 0 saturated heterocycles. The van der Waals surface area contributed by atoms with Gasteiger partial charge in [0, 0.05) is 12.6 Å². The zero-order chi connectivity index (χ0) is 13.1. The summed E-state index contributed by atoms with van der Waals surface area (Å²) in [5, 5.41) is 12.1. The van der Waals surface area contributed by atoms with E-state index in [4.69, 9.17) is 5.11 Å². The number of halogens is 1. The minimum Gasteiger partial charge on any atom is -0.478 e. The molecule has 2 N–H and O–H groups in total. The van der Waals surface area contributed by atoms with Gasteiger partial charge in [0.2, 0.25) is 0 Å². The largest absolute Gasteiger partial charge is 0.478 e. The molecule has 2 atom stereocenters. The van der Waals surface area contributed by atoms with E-state index in [-0.39, 0.29) is 5.56 Å². The van der Waals surface area contributed by atoms with E-state index >= 15 is 0 Å². The summed E-state index contributed by atoms with van der Waals surface area (Å²) in [5.41, 5.74) is 0.519. The summed E-state index contributed by atoms with van der Waals surface area (Å²) in [5.74, 6) is -1.13. The van der Waals surface area contributed by atoms with Crippen molar-refractivity contribution in [2.24, 2.45) is 5.92 Å². The molecular weight excluding hydrogens is 233 g/mol. The fourth-order valence-corrected chi connectivity index (χ4v) is 2.50. The summed E-state index contributed by atoms with van der Waals surface area (Å²) >= 11 is 0. The maximum Gasteiger partial charge on any atom is 0.338 e. The van der Waals surface area contributed by atoms with Gasteiger partial charge in [0.1, 0.15) is 5.82 Å². The van der Waals surface area contributed by atoms with Crippen LogP contribution in [0.4, 0.5) is 4.39 Å². The molecule has 1 aromatic carbocycles. The van der Waals surface area contributed by atoms with Crippen molar-refractivity contribution in [2.75, 3.05) is 0 Å². The summed E-state index contributed by atoms with van der Waals surface area (Å²) in [7, 11) is 0. The predicted molar refractivity (Wildman–Crippen MR) is 67.0 cm³/mol. The van der Waals surface area contributed by atoms with E-state index in [1.807, 2.05) is 0 Å². The number of carboxylic acids is 1. The zero-order valence-electron chi connectivity index (χ0n) is 10.4. The topological polar surface area (TPSA) is 49.3 Å². The number of nitrogens with one attached hydrogen (secondary N) is 1. The van der Waals surface area contributed by atoms with Gasteiger partial charge in [-0.3, -0.25) is 0 Å². The molecule has 3 nitrogen and oxygen atoms in total. The minimum absolute atomic E-state index is 0.270. The standard InChI is InChI=1S/C14H18FNO2/c1-9-2-4-11(6-9)16-8-10-3-5-12(14(17)18)13(15)7-10/h3,5,7,9,11,16H,2,4,6,8H2,1H3,(H,17,18). The molecule has 2 unspecified atom stereocenters. The first kappa shape index (κ1) is 13.0. The molecule has 0 amide bonds. The molecule has 1 aliphatic rings. The third-order valence-electron chi connectivity index (χ3n) is 3.55. The van der Waals surface area contributed by atoms with Crippen LogP contribution in [0.3, 0.4) is 0 Å². The highest BCUT2D eigenvalue weighted by Gasteiger charge is 2.20. The van der Waals surface area contributed by atoms with Gasteiger partial charge in [0.25, 0.3) is 0 Å². The maximum atomic E-state index is 13.5. The van der Waals surface area contributed by atoms with Crippen molar-refractivity contribution in [2.45, 2.75) is 38.8 Å². The second kappa shape index (κ2) is 5.48. The molecule has 1 saturated carbocycles. The van der Waals surface area contributed by atoms with Gasteiger partial charge in [0.15, 0.2) is 0 Å². The molecule has 1 fully saturated rings. The Balaban J connectivity index is 1.94. The second-order valence-corrected chi connectivity index (χ2v) is 5.12.